The van der Waals surface area contributed by atoms with E-state index in [2.05, 4.69) is 20.2 Å². The number of pyridine rings is 1. The summed E-state index contributed by atoms with van der Waals surface area (Å²) >= 11 is 0. The van der Waals surface area contributed by atoms with Crippen LogP contribution in [0.15, 0.2) is 30.9 Å². The molecule has 96 valence electrons. The molecule has 3 aromatic rings. The smallest absolute Gasteiger partial charge is 0.165 e. The first-order valence-electron chi connectivity index (χ1n) is 5.98. The molecule has 0 N–H and O–H groups in total. The largest absolute Gasteiger partial charge is 0.274 e. The van der Waals surface area contributed by atoms with Crippen molar-refractivity contribution in [1.29, 1.82) is 0 Å². The summed E-state index contributed by atoms with van der Waals surface area (Å²) < 4.78 is 3.53. The molecule has 3 aromatic heterocycles. The monoisotopic (exact) mass is 254 g/mol. The average molecular weight is 254 g/mol. The number of aromatic nitrogens is 6. The predicted molar refractivity (Wildman–Crippen MR) is 70.8 cm³/mol. The van der Waals surface area contributed by atoms with Gasteiger partial charge in [-0.25, -0.2) is 9.67 Å². The molecule has 3 heterocycles. The van der Waals surface area contributed by atoms with Gasteiger partial charge in [0.25, 0.3) is 0 Å². The van der Waals surface area contributed by atoms with E-state index in [4.69, 9.17) is 0 Å². The maximum Gasteiger partial charge on any atom is 0.165 e. The Labute approximate surface area is 110 Å². The van der Waals surface area contributed by atoms with Gasteiger partial charge < -0.3 is 0 Å². The summed E-state index contributed by atoms with van der Waals surface area (Å²) in [6.45, 7) is 3.88. The van der Waals surface area contributed by atoms with Crippen LogP contribution >= 0.6 is 0 Å². The van der Waals surface area contributed by atoms with E-state index in [0.717, 1.165) is 28.5 Å². The number of hydrogen-bond donors (Lipinski definition) is 0. The van der Waals surface area contributed by atoms with Crippen LogP contribution in [-0.4, -0.2) is 29.5 Å². The zero-order chi connectivity index (χ0) is 13.4. The summed E-state index contributed by atoms with van der Waals surface area (Å²) in [5.74, 6) is 1.50. The predicted octanol–water partition coefficient (Wildman–Crippen LogP) is 1.68. The Balaban J connectivity index is 2.17. The van der Waals surface area contributed by atoms with Gasteiger partial charge in [0.05, 0.1) is 12.4 Å². The third-order valence-electron chi connectivity index (χ3n) is 2.78. The van der Waals surface area contributed by atoms with E-state index >= 15 is 0 Å². The molecule has 0 aliphatic carbocycles. The Kier molecular flexibility index (Phi) is 2.63. The first-order valence-corrected chi connectivity index (χ1v) is 5.98. The molecule has 0 spiro atoms. The van der Waals surface area contributed by atoms with Gasteiger partial charge in [0.2, 0.25) is 0 Å². The summed E-state index contributed by atoms with van der Waals surface area (Å²) in [6, 6.07) is 2.04. The third kappa shape index (κ3) is 2.12. The number of rotatable bonds is 2. The molecule has 0 bridgehead atoms. The maximum absolute atomic E-state index is 4.48. The molecule has 0 amide bonds. The van der Waals surface area contributed by atoms with Gasteiger partial charge >= 0.3 is 0 Å². The lowest BCUT2D eigenvalue weighted by molar-refractivity contribution is 0.766. The van der Waals surface area contributed by atoms with Gasteiger partial charge in [-0.3, -0.25) is 9.67 Å². The van der Waals surface area contributed by atoms with E-state index in [-0.39, 0.29) is 0 Å². The van der Waals surface area contributed by atoms with Gasteiger partial charge in [-0.1, -0.05) is 0 Å². The Morgan fingerprint density at radius 3 is 2.63 bits per heavy atom. The van der Waals surface area contributed by atoms with Crippen LogP contribution in [-0.2, 0) is 7.05 Å². The molecular formula is C13H14N6. The van der Waals surface area contributed by atoms with E-state index in [1.807, 2.05) is 39.4 Å². The fourth-order valence-electron chi connectivity index (χ4n) is 1.98. The Morgan fingerprint density at radius 2 is 1.95 bits per heavy atom. The zero-order valence-electron chi connectivity index (χ0n) is 11.1. The van der Waals surface area contributed by atoms with Crippen LogP contribution in [0.5, 0.6) is 0 Å². The van der Waals surface area contributed by atoms with E-state index in [1.165, 1.54) is 0 Å². The summed E-state index contributed by atoms with van der Waals surface area (Å²) in [5, 5.41) is 8.59. The van der Waals surface area contributed by atoms with Crippen molar-refractivity contribution in [2.24, 2.45) is 7.05 Å². The first kappa shape index (κ1) is 11.6. The van der Waals surface area contributed by atoms with Gasteiger partial charge in [0.1, 0.15) is 11.5 Å². The molecule has 3 rings (SSSR count). The second kappa shape index (κ2) is 4.31. The highest BCUT2D eigenvalue weighted by atomic mass is 15.4. The van der Waals surface area contributed by atoms with Gasteiger partial charge in [0, 0.05) is 25.0 Å². The summed E-state index contributed by atoms with van der Waals surface area (Å²) in [7, 11) is 1.88. The molecule has 0 aliphatic rings. The van der Waals surface area contributed by atoms with E-state index in [1.54, 1.807) is 21.8 Å². The highest BCUT2D eigenvalue weighted by Crippen LogP contribution is 2.20. The van der Waals surface area contributed by atoms with Crippen LogP contribution in [0.2, 0.25) is 0 Å². The second-order valence-electron chi connectivity index (χ2n) is 4.52. The lowest BCUT2D eigenvalue weighted by Gasteiger charge is -2.03. The maximum atomic E-state index is 4.48. The van der Waals surface area contributed by atoms with Crippen LogP contribution < -0.4 is 0 Å². The average Bonchev–Trinajstić information content (AvgIpc) is 2.95. The molecular weight excluding hydrogens is 240 g/mol. The molecule has 0 saturated carbocycles. The highest BCUT2D eigenvalue weighted by molar-refractivity contribution is 5.57. The molecule has 6 nitrogen and oxygen atoms in total. The minimum atomic E-state index is 0.723. The normalized spacial score (nSPS) is 10.9. The fraction of sp³-hybridized carbons (Fsp3) is 0.231. The van der Waals surface area contributed by atoms with Crippen molar-refractivity contribution >= 4 is 0 Å². The van der Waals surface area contributed by atoms with Gasteiger partial charge in [0.15, 0.2) is 5.82 Å². The number of nitrogens with zero attached hydrogens (tertiary/aromatic N) is 6. The van der Waals surface area contributed by atoms with Crippen LogP contribution in [0.25, 0.3) is 17.1 Å². The number of hydrogen-bond acceptors (Lipinski definition) is 4. The van der Waals surface area contributed by atoms with Crippen LogP contribution in [0, 0.1) is 13.8 Å². The van der Waals surface area contributed by atoms with Gasteiger partial charge in [-0.05, 0) is 25.5 Å². The summed E-state index contributed by atoms with van der Waals surface area (Å²) in [5.41, 5.74) is 2.93. The van der Waals surface area contributed by atoms with Crippen molar-refractivity contribution in [2.45, 2.75) is 13.8 Å². The molecule has 0 atom stereocenters. The van der Waals surface area contributed by atoms with E-state index < -0.39 is 0 Å². The van der Waals surface area contributed by atoms with Crippen molar-refractivity contribution in [2.75, 3.05) is 0 Å². The first-order chi connectivity index (χ1) is 9.13. The molecule has 0 aromatic carbocycles. The van der Waals surface area contributed by atoms with Crippen LogP contribution in [0.1, 0.15) is 11.4 Å². The Hall–Kier alpha value is -2.50. The van der Waals surface area contributed by atoms with Crippen molar-refractivity contribution in [3.8, 4) is 17.1 Å². The minimum absolute atomic E-state index is 0.723. The summed E-state index contributed by atoms with van der Waals surface area (Å²) in [6.07, 6.45) is 7.28. The molecule has 19 heavy (non-hydrogen) atoms. The molecule has 0 unspecified atom stereocenters. The third-order valence-corrected chi connectivity index (χ3v) is 2.78. The van der Waals surface area contributed by atoms with E-state index in [9.17, 15) is 0 Å². The standard InChI is InChI=1S/C13H14N6/c1-9-4-11(6-14-5-9)13-16-10(2)17-19(13)12-7-15-18(3)8-12/h4-8H,1-3H3. The molecule has 0 aliphatic heterocycles. The molecule has 0 radical (unpaired) electrons. The number of aryl methyl sites for hydroxylation is 3. The highest BCUT2D eigenvalue weighted by Gasteiger charge is 2.13. The molecule has 6 heteroatoms. The van der Waals surface area contributed by atoms with Crippen molar-refractivity contribution in [3.05, 3.63) is 42.2 Å². The lowest BCUT2D eigenvalue weighted by Crippen LogP contribution is -1.99. The van der Waals surface area contributed by atoms with Crippen molar-refractivity contribution < 1.29 is 0 Å². The SMILES string of the molecule is Cc1cncc(-c2nc(C)nn2-c2cnn(C)c2)c1. The molecule has 0 saturated heterocycles. The Morgan fingerprint density at radius 1 is 1.11 bits per heavy atom. The molecule has 0 fully saturated rings. The fourth-order valence-corrected chi connectivity index (χ4v) is 1.98. The minimum Gasteiger partial charge on any atom is -0.274 e. The van der Waals surface area contributed by atoms with Crippen LogP contribution in [0.4, 0.5) is 0 Å². The van der Waals surface area contributed by atoms with Crippen molar-refractivity contribution in [3.63, 3.8) is 0 Å². The van der Waals surface area contributed by atoms with Gasteiger partial charge in [-0.15, -0.1) is 0 Å². The topological polar surface area (TPSA) is 61.4 Å². The quantitative estimate of drug-likeness (QED) is 0.698. The zero-order valence-corrected chi connectivity index (χ0v) is 11.1. The van der Waals surface area contributed by atoms with Crippen LogP contribution in [0.3, 0.4) is 0 Å². The van der Waals surface area contributed by atoms with Crippen molar-refractivity contribution in [1.82, 2.24) is 29.5 Å². The Bertz CT molecular complexity index is 724. The second-order valence-corrected chi connectivity index (χ2v) is 4.52. The van der Waals surface area contributed by atoms with Gasteiger partial charge in [-0.2, -0.15) is 10.2 Å². The van der Waals surface area contributed by atoms with E-state index in [0.29, 0.717) is 0 Å². The summed E-state index contributed by atoms with van der Waals surface area (Å²) in [4.78, 5) is 8.69. The lowest BCUT2D eigenvalue weighted by atomic mass is 10.2.